The van der Waals surface area contributed by atoms with Crippen LogP contribution in [0.3, 0.4) is 0 Å². The van der Waals surface area contributed by atoms with Gasteiger partial charge >= 0.3 is 11.7 Å². The Morgan fingerprint density at radius 1 is 1.10 bits per heavy atom. The largest absolute Gasteiger partial charge is 0.478 e. The van der Waals surface area contributed by atoms with Gasteiger partial charge in [-0.1, -0.05) is 42.0 Å². The standard InChI is InChI=1S/C24H29N3O4/c1-17-7-5-9-19(15-17)16-27-23(30)26(4)21(25-27)10-6-8-18-11-13-20(14-12-18)31-24(2,3)22(28)29/h5,7,9,11-15H,6,8,10,16H2,1-4H3,(H,28,29). The zero-order valence-electron chi connectivity index (χ0n) is 18.5. The molecule has 0 aliphatic heterocycles. The van der Waals surface area contributed by atoms with Crippen LogP contribution in [0.2, 0.25) is 0 Å². The highest BCUT2D eigenvalue weighted by atomic mass is 16.5. The minimum atomic E-state index is -1.27. The Bertz CT molecular complexity index is 1110. The number of aryl methyl sites for hydroxylation is 3. The van der Waals surface area contributed by atoms with Crippen LogP contribution < -0.4 is 10.4 Å². The third-order valence-corrected chi connectivity index (χ3v) is 5.22. The van der Waals surface area contributed by atoms with Gasteiger partial charge in [0.2, 0.25) is 0 Å². The number of ether oxygens (including phenoxy) is 1. The van der Waals surface area contributed by atoms with E-state index in [9.17, 15) is 9.59 Å². The predicted molar refractivity (Wildman–Crippen MR) is 119 cm³/mol. The van der Waals surface area contributed by atoms with Crippen LogP contribution in [-0.4, -0.2) is 31.0 Å². The van der Waals surface area contributed by atoms with Crippen LogP contribution >= 0.6 is 0 Å². The van der Waals surface area contributed by atoms with Crippen LogP contribution in [-0.2, 0) is 31.2 Å². The van der Waals surface area contributed by atoms with E-state index in [0.717, 1.165) is 35.4 Å². The molecular formula is C24H29N3O4. The zero-order valence-corrected chi connectivity index (χ0v) is 18.5. The molecule has 3 aromatic rings. The molecule has 7 heteroatoms. The van der Waals surface area contributed by atoms with Gasteiger partial charge in [0.25, 0.3) is 0 Å². The smallest absolute Gasteiger partial charge is 0.347 e. The van der Waals surface area contributed by atoms with E-state index < -0.39 is 11.6 Å². The minimum Gasteiger partial charge on any atom is -0.478 e. The first-order chi connectivity index (χ1) is 14.7. The van der Waals surface area contributed by atoms with Gasteiger partial charge in [-0.15, -0.1) is 0 Å². The first-order valence-corrected chi connectivity index (χ1v) is 10.4. The summed E-state index contributed by atoms with van der Waals surface area (Å²) in [6.45, 7) is 5.53. The van der Waals surface area contributed by atoms with Crippen LogP contribution in [0, 0.1) is 6.92 Å². The van der Waals surface area contributed by atoms with E-state index in [0.29, 0.717) is 18.7 Å². The number of aromatic nitrogens is 3. The molecule has 2 aromatic carbocycles. The van der Waals surface area contributed by atoms with Gasteiger partial charge in [-0.25, -0.2) is 14.3 Å². The van der Waals surface area contributed by atoms with Gasteiger partial charge < -0.3 is 9.84 Å². The van der Waals surface area contributed by atoms with E-state index >= 15 is 0 Å². The Balaban J connectivity index is 1.58. The molecule has 0 bridgehead atoms. The van der Waals surface area contributed by atoms with Crippen molar-refractivity contribution in [2.75, 3.05) is 0 Å². The number of hydrogen-bond acceptors (Lipinski definition) is 4. The van der Waals surface area contributed by atoms with Crippen LogP contribution in [0.4, 0.5) is 0 Å². The summed E-state index contributed by atoms with van der Waals surface area (Å²) in [5, 5.41) is 13.7. The Morgan fingerprint density at radius 3 is 2.45 bits per heavy atom. The van der Waals surface area contributed by atoms with E-state index in [4.69, 9.17) is 9.84 Å². The second-order valence-electron chi connectivity index (χ2n) is 8.32. The normalized spacial score (nSPS) is 11.5. The average Bonchev–Trinajstić information content (AvgIpc) is 2.97. The summed E-state index contributed by atoms with van der Waals surface area (Å²) in [6, 6.07) is 15.5. The van der Waals surface area contributed by atoms with Gasteiger partial charge in [0.1, 0.15) is 11.6 Å². The Hall–Kier alpha value is -3.35. The molecule has 0 unspecified atom stereocenters. The highest BCUT2D eigenvalue weighted by Gasteiger charge is 2.29. The van der Waals surface area contributed by atoms with Gasteiger partial charge in [0, 0.05) is 13.5 Å². The summed E-state index contributed by atoms with van der Waals surface area (Å²) < 4.78 is 8.66. The average molecular weight is 424 g/mol. The van der Waals surface area contributed by atoms with Gasteiger partial charge in [0.05, 0.1) is 6.54 Å². The fourth-order valence-corrected chi connectivity index (χ4v) is 3.35. The van der Waals surface area contributed by atoms with Crippen LogP contribution in [0.15, 0.2) is 53.3 Å². The molecule has 0 fully saturated rings. The molecule has 0 saturated heterocycles. The number of nitrogens with zero attached hydrogens (tertiary/aromatic N) is 3. The van der Waals surface area contributed by atoms with E-state index in [-0.39, 0.29) is 5.69 Å². The molecular weight excluding hydrogens is 394 g/mol. The van der Waals surface area contributed by atoms with Gasteiger partial charge in [-0.2, -0.15) is 5.10 Å². The summed E-state index contributed by atoms with van der Waals surface area (Å²) in [5.41, 5.74) is 1.94. The lowest BCUT2D eigenvalue weighted by Crippen LogP contribution is -2.37. The highest BCUT2D eigenvalue weighted by Crippen LogP contribution is 2.20. The van der Waals surface area contributed by atoms with E-state index in [1.807, 2.05) is 37.3 Å². The molecule has 7 nitrogen and oxygen atoms in total. The van der Waals surface area contributed by atoms with Crippen LogP contribution in [0.25, 0.3) is 0 Å². The topological polar surface area (TPSA) is 86.3 Å². The molecule has 0 amide bonds. The van der Waals surface area contributed by atoms with Crippen molar-refractivity contribution in [2.24, 2.45) is 7.05 Å². The summed E-state index contributed by atoms with van der Waals surface area (Å²) >= 11 is 0. The SMILES string of the molecule is Cc1cccc(Cn2nc(CCCc3ccc(OC(C)(C)C(=O)O)cc3)n(C)c2=O)c1. The maximum absolute atomic E-state index is 12.5. The molecule has 1 heterocycles. The van der Waals surface area contributed by atoms with Crippen LogP contribution in [0.1, 0.15) is 42.8 Å². The van der Waals surface area contributed by atoms with Gasteiger partial charge in [0.15, 0.2) is 5.60 Å². The van der Waals surface area contributed by atoms with Crippen molar-refractivity contribution in [3.63, 3.8) is 0 Å². The molecule has 0 saturated carbocycles. The third-order valence-electron chi connectivity index (χ3n) is 5.22. The van der Waals surface area contributed by atoms with Gasteiger partial charge in [-0.05, 0) is 56.9 Å². The quantitative estimate of drug-likeness (QED) is 0.570. The van der Waals surface area contributed by atoms with E-state index in [1.54, 1.807) is 23.7 Å². The molecule has 31 heavy (non-hydrogen) atoms. The number of carboxylic acids is 1. The summed E-state index contributed by atoms with van der Waals surface area (Å²) in [6.07, 6.45) is 2.36. The summed E-state index contributed by atoms with van der Waals surface area (Å²) in [5.74, 6) is 0.276. The van der Waals surface area contributed by atoms with Crippen molar-refractivity contribution >= 4 is 5.97 Å². The number of hydrogen-bond donors (Lipinski definition) is 1. The lowest BCUT2D eigenvalue weighted by Gasteiger charge is -2.21. The Labute approximate surface area is 181 Å². The molecule has 1 aromatic heterocycles. The van der Waals surface area contributed by atoms with Gasteiger partial charge in [-0.3, -0.25) is 4.57 Å². The third kappa shape index (κ3) is 5.63. The first-order valence-electron chi connectivity index (χ1n) is 10.4. The van der Waals surface area contributed by atoms with Crippen molar-refractivity contribution in [3.8, 4) is 5.75 Å². The minimum absolute atomic E-state index is 0.112. The number of carboxylic acid groups (broad SMARTS) is 1. The number of aliphatic carboxylic acids is 1. The molecule has 0 aliphatic carbocycles. The Morgan fingerprint density at radius 2 is 1.81 bits per heavy atom. The van der Waals surface area contributed by atoms with Crippen LogP contribution in [0.5, 0.6) is 5.75 Å². The zero-order chi connectivity index (χ0) is 22.6. The maximum Gasteiger partial charge on any atom is 0.347 e. The molecule has 0 spiro atoms. The molecule has 1 N–H and O–H groups in total. The fraction of sp³-hybridized carbons (Fsp3) is 0.375. The predicted octanol–water partition coefficient (Wildman–Crippen LogP) is 3.36. The molecule has 3 rings (SSSR count). The molecule has 164 valence electrons. The van der Waals surface area contributed by atoms with Crippen molar-refractivity contribution in [3.05, 3.63) is 81.5 Å². The highest BCUT2D eigenvalue weighted by molar-refractivity contribution is 5.76. The van der Waals surface area contributed by atoms with E-state index in [1.165, 1.54) is 18.5 Å². The van der Waals surface area contributed by atoms with Crippen molar-refractivity contribution in [1.82, 2.24) is 14.3 Å². The molecule has 0 aliphatic rings. The lowest BCUT2D eigenvalue weighted by atomic mass is 10.1. The fourth-order valence-electron chi connectivity index (χ4n) is 3.35. The second kappa shape index (κ2) is 9.20. The second-order valence-corrected chi connectivity index (χ2v) is 8.32. The maximum atomic E-state index is 12.5. The summed E-state index contributed by atoms with van der Waals surface area (Å²) in [7, 11) is 1.76. The Kier molecular flexibility index (Phi) is 6.63. The molecule has 0 atom stereocenters. The van der Waals surface area contributed by atoms with Crippen molar-refractivity contribution in [1.29, 1.82) is 0 Å². The lowest BCUT2D eigenvalue weighted by molar-refractivity contribution is -0.152. The summed E-state index contributed by atoms with van der Waals surface area (Å²) in [4.78, 5) is 23.7. The van der Waals surface area contributed by atoms with Crippen molar-refractivity contribution < 1.29 is 14.6 Å². The van der Waals surface area contributed by atoms with Crippen molar-refractivity contribution in [2.45, 2.75) is 52.2 Å². The number of rotatable bonds is 9. The number of benzene rings is 2. The number of carbonyl (C=O) groups is 1. The molecule has 0 radical (unpaired) electrons. The monoisotopic (exact) mass is 423 g/mol. The van der Waals surface area contributed by atoms with E-state index in [2.05, 4.69) is 11.2 Å². The first kappa shape index (κ1) is 22.3.